The lowest BCUT2D eigenvalue weighted by molar-refractivity contribution is -0.137. The summed E-state index contributed by atoms with van der Waals surface area (Å²) in [5.41, 5.74) is -10.1. The lowest BCUT2D eigenvalue weighted by atomic mass is 10.00. The number of carbonyl (C=O) groups excluding carboxylic acids is 1. The minimum absolute atomic E-state index is 0.00289. The van der Waals surface area contributed by atoms with Crippen LogP contribution in [0.2, 0.25) is 0 Å². The summed E-state index contributed by atoms with van der Waals surface area (Å²) >= 11 is -0.514. The fraction of sp³-hybridized carbons (Fsp3) is 0.317. The Kier molecular flexibility index (Phi) is 6.19. The van der Waals surface area contributed by atoms with E-state index >= 15 is 9.18 Å². The Labute approximate surface area is 338 Å². The third-order valence-corrected chi connectivity index (χ3v) is 8.05. The van der Waals surface area contributed by atoms with Gasteiger partial charge in [-0.2, -0.15) is 13.2 Å². The van der Waals surface area contributed by atoms with E-state index < -0.39 is 177 Å². The van der Waals surface area contributed by atoms with Gasteiger partial charge in [-0.3, -0.25) is 9.59 Å². The van der Waals surface area contributed by atoms with Gasteiger partial charge in [-0.05, 0) is 66.6 Å². The first-order valence-corrected chi connectivity index (χ1v) is 16.0. The number of hydrogen-bond acceptors (Lipinski definition) is 5. The number of ether oxygens (including phenoxy) is 1. The molecule has 0 unspecified atom stereocenters. The van der Waals surface area contributed by atoms with Crippen molar-refractivity contribution >= 4 is 28.6 Å². The first-order chi connectivity index (χ1) is 33.5. The highest BCUT2D eigenvalue weighted by molar-refractivity contribution is 7.98. The third kappa shape index (κ3) is 9.17. The summed E-state index contributed by atoms with van der Waals surface area (Å²) in [7, 11) is 0.845. The van der Waals surface area contributed by atoms with Crippen molar-refractivity contribution in [1.29, 1.82) is 0 Å². The Bertz CT molecular complexity index is 3100. The number of rotatable bonds is 12. The molecule has 1 amide bonds. The number of nitrogens with zero attached hydrogens (tertiary/aromatic N) is 3. The van der Waals surface area contributed by atoms with E-state index in [0.29, 0.717) is 24.3 Å². The zero-order chi connectivity index (χ0) is 56.4. The zero-order valence-corrected chi connectivity index (χ0v) is 28.2. The molecular formula is C41H40F5N3O3S. The van der Waals surface area contributed by atoms with Gasteiger partial charge in [-0.1, -0.05) is 60.1 Å². The van der Waals surface area contributed by atoms with Crippen molar-refractivity contribution in [2.24, 2.45) is 0 Å². The summed E-state index contributed by atoms with van der Waals surface area (Å²) in [6.07, 6.45) is -14.2. The Hall–Kier alpha value is -4.52. The Balaban J connectivity index is 1.76. The van der Waals surface area contributed by atoms with Crippen LogP contribution in [0.15, 0.2) is 101 Å². The molecule has 2 heterocycles. The second kappa shape index (κ2) is 16.7. The number of aromatic nitrogens is 1. The molecule has 1 saturated heterocycles. The van der Waals surface area contributed by atoms with Crippen LogP contribution in [0.25, 0.3) is 22.0 Å². The normalized spacial score (nSPS) is 25.5. The van der Waals surface area contributed by atoms with Crippen LogP contribution >= 0.6 is 11.8 Å². The predicted octanol–water partition coefficient (Wildman–Crippen LogP) is 8.71. The van der Waals surface area contributed by atoms with E-state index in [1.165, 1.54) is 0 Å². The number of amides is 1. The molecule has 6 nitrogen and oxygen atoms in total. The van der Waals surface area contributed by atoms with E-state index in [2.05, 4.69) is 0 Å². The van der Waals surface area contributed by atoms with Crippen molar-refractivity contribution in [3.05, 3.63) is 135 Å². The first kappa shape index (κ1) is 19.7. The molecule has 5 aromatic rings. The van der Waals surface area contributed by atoms with Crippen molar-refractivity contribution in [2.45, 2.75) is 55.6 Å². The largest absolute Gasteiger partial charge is 0.416 e. The number of methoxy groups -OCH3 is 1. The molecule has 4 aromatic carbocycles. The molecule has 1 aliphatic rings. The van der Waals surface area contributed by atoms with Crippen LogP contribution in [-0.2, 0) is 34.4 Å². The monoisotopic (exact) mass is 770 g/mol. The number of thioether (sulfide) groups is 1. The SMILES string of the molecule is [2H]c1c(C)c([2H])c2c(=O)c([2H])c(SC([2H])([2H])c3cccc(F)c3F)n(C([2H])([2H])C(=O)N(C([2H])([2H])c3ccc(-c4ccc(C(F)(F)F)cc4)cc3)C3([2H])C([2H])([2H])C([2H])([2H])N(C([2H])([2H])COC)C([2H])([2H])C3([2H])[2H])c2c1[2H]. The van der Waals surface area contributed by atoms with Gasteiger partial charge >= 0.3 is 6.18 Å². The fourth-order valence-corrected chi connectivity index (χ4v) is 5.41. The van der Waals surface area contributed by atoms with Gasteiger partial charge in [0.1, 0.15) is 6.50 Å². The molecule has 0 spiro atoms. The number of likely N-dealkylation sites (tertiary alicyclic amines) is 1. The van der Waals surface area contributed by atoms with Gasteiger partial charge in [0.25, 0.3) is 0 Å². The van der Waals surface area contributed by atoms with Gasteiger partial charge < -0.3 is 19.1 Å². The van der Waals surface area contributed by atoms with Crippen molar-refractivity contribution in [2.75, 3.05) is 33.2 Å². The Morgan fingerprint density at radius 1 is 1.04 bits per heavy atom. The van der Waals surface area contributed by atoms with Gasteiger partial charge in [0.2, 0.25) is 5.91 Å². The summed E-state index contributed by atoms with van der Waals surface area (Å²) in [6, 6.07) is -0.853. The van der Waals surface area contributed by atoms with Crippen LogP contribution in [0.5, 0.6) is 0 Å². The molecule has 278 valence electrons. The predicted molar refractivity (Wildman–Crippen MR) is 198 cm³/mol. The second-order valence-electron chi connectivity index (χ2n) is 10.9. The first-order valence-electron chi connectivity index (χ1n) is 25.7. The molecule has 6 rings (SSSR count). The van der Waals surface area contributed by atoms with E-state index in [1.54, 1.807) is 0 Å². The molecule has 1 aromatic heterocycles. The van der Waals surface area contributed by atoms with Crippen LogP contribution < -0.4 is 5.43 Å². The fourth-order valence-electron chi connectivity index (χ4n) is 4.67. The van der Waals surface area contributed by atoms with Crippen LogP contribution in [0.1, 0.15) is 63.8 Å². The quantitative estimate of drug-likeness (QED) is 0.0940. The lowest BCUT2D eigenvalue weighted by Gasteiger charge is -2.39. The summed E-state index contributed by atoms with van der Waals surface area (Å²) in [4.78, 5) is 28.4. The molecule has 1 fully saturated rings. The van der Waals surface area contributed by atoms with Crippen LogP contribution in [-0.4, -0.2) is 59.5 Å². The van der Waals surface area contributed by atoms with E-state index in [4.69, 9.17) is 21.2 Å². The van der Waals surface area contributed by atoms with E-state index in [9.17, 15) is 34.7 Å². The Morgan fingerprint density at radius 2 is 1.72 bits per heavy atom. The van der Waals surface area contributed by atoms with Crippen LogP contribution in [0.4, 0.5) is 22.0 Å². The number of pyridine rings is 1. The minimum atomic E-state index is -4.90. The highest BCUT2D eigenvalue weighted by Gasteiger charge is 2.31. The number of carbonyl (C=O) groups is 1. The average molecular weight is 771 g/mol. The zero-order valence-electron chi connectivity index (χ0n) is 48.4. The maximum atomic E-state index is 15.8. The maximum absolute atomic E-state index is 15.8. The summed E-state index contributed by atoms with van der Waals surface area (Å²) in [5.74, 6) is -6.30. The molecule has 0 aliphatic carbocycles. The highest BCUT2D eigenvalue weighted by Crippen LogP contribution is 2.32. The highest BCUT2D eigenvalue weighted by atomic mass is 32.2. The van der Waals surface area contributed by atoms with Crippen LogP contribution in [0, 0.1) is 18.6 Å². The van der Waals surface area contributed by atoms with E-state index in [1.807, 2.05) is 0 Å². The number of benzene rings is 4. The molecular weight excluding hydrogens is 710 g/mol. The van der Waals surface area contributed by atoms with Crippen molar-refractivity contribution in [3.63, 3.8) is 0 Å². The van der Waals surface area contributed by atoms with Crippen molar-refractivity contribution in [3.8, 4) is 11.1 Å². The molecule has 12 heteroatoms. The van der Waals surface area contributed by atoms with Gasteiger partial charge in [-0.15, -0.1) is 11.8 Å². The summed E-state index contributed by atoms with van der Waals surface area (Å²) in [6.45, 7) is -21.5. The van der Waals surface area contributed by atoms with E-state index in [0.717, 1.165) is 56.5 Å². The van der Waals surface area contributed by atoms with E-state index in [-0.39, 0.29) is 15.7 Å². The molecule has 0 bridgehead atoms. The number of alkyl halides is 3. The molecule has 53 heavy (non-hydrogen) atoms. The standard InChI is InChI=1S/C41H40F5N3O3S/c1-27-6-15-36-34(22-27)37(50)23-39(53-26-31-4-3-5-35(42)40(31)43)49(36)25-38(51)48(33-16-18-47(19-17-33)20-21-52-2)24-28-7-9-29(10-8-28)30-11-13-32(14-12-30)41(44,45)46/h3-15,22-23,33H,16-21,24-26H2,1-2H3/i6D,15D,16D2,17D2,18D2,19D2,20D2,22D,23D,24D2,25D2,26D2,33D. The van der Waals surface area contributed by atoms with Gasteiger partial charge in [0, 0.05) is 78.3 Å². The minimum Gasteiger partial charge on any atom is -0.383 e. The molecule has 0 radical (unpaired) electrons. The average Bonchev–Trinajstić information content (AvgIpc) is 3.28. The van der Waals surface area contributed by atoms with Crippen molar-refractivity contribution < 1.29 is 60.3 Å². The van der Waals surface area contributed by atoms with Gasteiger partial charge in [0.05, 0.1) is 35.0 Å². The number of halogens is 5. The Morgan fingerprint density at radius 3 is 2.38 bits per heavy atom. The topological polar surface area (TPSA) is 54.8 Å². The van der Waals surface area contributed by atoms with Gasteiger partial charge in [0.15, 0.2) is 17.1 Å². The third-order valence-electron chi connectivity index (χ3n) is 7.25. The van der Waals surface area contributed by atoms with Crippen LogP contribution in [0.3, 0.4) is 0 Å². The number of hydrogen-bond donors (Lipinski definition) is 0. The molecule has 1 aliphatic heterocycles. The van der Waals surface area contributed by atoms with Crippen molar-refractivity contribution in [1.82, 2.24) is 14.4 Å². The molecule has 0 saturated carbocycles. The number of fused-ring (bicyclic) bond motifs is 1. The van der Waals surface area contributed by atoms with Gasteiger partial charge in [-0.25, -0.2) is 8.78 Å². The second-order valence-corrected chi connectivity index (χ2v) is 11.7. The maximum Gasteiger partial charge on any atom is 0.416 e. The lowest BCUT2D eigenvalue weighted by Crippen LogP contribution is -2.48. The molecule has 0 N–H and O–H groups in total. The summed E-state index contributed by atoms with van der Waals surface area (Å²) in [5, 5.41) is -2.63. The number of piperidine rings is 1. The molecule has 0 atom stereocenters. The smallest absolute Gasteiger partial charge is 0.383 e. The summed E-state index contributed by atoms with van der Waals surface area (Å²) < 4.78 is 266.